The first-order chi connectivity index (χ1) is 11.0. The van der Waals surface area contributed by atoms with Crippen molar-refractivity contribution in [1.29, 1.82) is 10.5 Å². The number of hydrogen-bond acceptors (Lipinski definition) is 5. The Kier molecular flexibility index (Phi) is 2.54. The third kappa shape index (κ3) is 1.22. The fourth-order valence-electron chi connectivity index (χ4n) is 4.78. The molecule has 2 aliphatic heterocycles. The van der Waals surface area contributed by atoms with E-state index in [4.69, 9.17) is 15.2 Å². The molecule has 3 N–H and O–H groups in total. The first-order valence-corrected chi connectivity index (χ1v) is 7.59. The second-order valence-corrected chi connectivity index (χ2v) is 6.57. The highest BCUT2D eigenvalue weighted by molar-refractivity contribution is 5.95. The summed E-state index contributed by atoms with van der Waals surface area (Å²) in [7, 11) is 0. The van der Waals surface area contributed by atoms with Crippen molar-refractivity contribution in [1.82, 2.24) is 0 Å². The largest absolute Gasteiger partial charge is 0.343 e. The molecular weight excluding hydrogens is 292 g/mol. The Morgan fingerprint density at radius 2 is 1.83 bits per heavy atom. The zero-order valence-corrected chi connectivity index (χ0v) is 12.8. The lowest BCUT2D eigenvalue weighted by Crippen LogP contribution is -2.90. The highest BCUT2D eigenvalue weighted by Gasteiger charge is 3.02. The predicted molar refractivity (Wildman–Crippen MR) is 79.1 cm³/mol. The molecule has 1 aliphatic carbocycles. The minimum Gasteiger partial charge on any atom is -0.311 e. The van der Waals surface area contributed by atoms with Crippen LogP contribution in [0.15, 0.2) is 30.3 Å². The molecule has 1 aromatic rings. The Morgan fingerprint density at radius 3 is 2.39 bits per heavy atom. The molecule has 4 rings (SSSR count). The van der Waals surface area contributed by atoms with E-state index in [9.17, 15) is 10.5 Å². The molecule has 3 aliphatic rings. The number of hydrogen-bond donors (Lipinski definition) is 2. The topological polar surface area (TPSA) is 106 Å². The summed E-state index contributed by atoms with van der Waals surface area (Å²) in [5.74, 6) is -1.06. The van der Waals surface area contributed by atoms with Crippen molar-refractivity contribution in [2.45, 2.75) is 19.3 Å². The Morgan fingerprint density at radius 1 is 1.17 bits per heavy atom. The normalized spacial score (nSPS) is 39.3. The third-order valence-electron chi connectivity index (χ3n) is 5.78. The summed E-state index contributed by atoms with van der Waals surface area (Å²) in [4.78, 5) is 2.96. The number of nitrogens with two attached hydrogens (primary N) is 1. The quantitative estimate of drug-likeness (QED) is 0.760. The van der Waals surface area contributed by atoms with Gasteiger partial charge in [0.15, 0.2) is 10.8 Å². The third-order valence-corrected chi connectivity index (χ3v) is 5.78. The lowest BCUT2D eigenvalue weighted by molar-refractivity contribution is -0.678. The first kappa shape index (κ1) is 14.2. The molecule has 3 atom stereocenters. The van der Waals surface area contributed by atoms with E-state index in [0.29, 0.717) is 19.6 Å². The van der Waals surface area contributed by atoms with Gasteiger partial charge >= 0.3 is 5.91 Å². The minimum absolute atomic E-state index is 0.266. The molecule has 2 fully saturated rings. The maximum atomic E-state index is 10.1. The van der Waals surface area contributed by atoms with Crippen LogP contribution in [0.3, 0.4) is 0 Å². The predicted octanol–water partition coefficient (Wildman–Crippen LogP) is -0.579. The van der Waals surface area contributed by atoms with Crippen molar-refractivity contribution in [3.63, 3.8) is 0 Å². The van der Waals surface area contributed by atoms with Gasteiger partial charge in [0.05, 0.1) is 25.4 Å². The van der Waals surface area contributed by atoms with Gasteiger partial charge in [-0.3, -0.25) is 5.73 Å². The molecule has 0 unspecified atom stereocenters. The molecule has 6 nitrogen and oxygen atoms in total. The summed E-state index contributed by atoms with van der Waals surface area (Å²) in [5, 5.41) is 20.0. The van der Waals surface area contributed by atoms with E-state index in [1.54, 1.807) is 0 Å². The van der Waals surface area contributed by atoms with Crippen LogP contribution in [0.4, 0.5) is 0 Å². The number of nitrogens with zero attached hydrogens (tertiary/aromatic N) is 2. The summed E-state index contributed by atoms with van der Waals surface area (Å²) < 4.78 is 11.5. The van der Waals surface area contributed by atoms with Crippen molar-refractivity contribution in [3.05, 3.63) is 35.9 Å². The highest BCUT2D eigenvalue weighted by Crippen LogP contribution is 2.83. The average molecular weight is 309 g/mol. The lowest BCUT2D eigenvalue weighted by atomic mass is 9.85. The molecular formula is C17H17N4O2+. The van der Waals surface area contributed by atoms with Gasteiger partial charge in [-0.25, -0.2) is 4.99 Å². The van der Waals surface area contributed by atoms with E-state index in [1.807, 2.05) is 37.3 Å². The summed E-state index contributed by atoms with van der Waals surface area (Å²) in [6.45, 7) is 2.66. The molecule has 0 aromatic heterocycles. The Balaban J connectivity index is 1.88. The molecule has 0 bridgehead atoms. The van der Waals surface area contributed by atoms with Gasteiger partial charge in [0.1, 0.15) is 0 Å². The number of fused-ring (bicyclic) bond motifs is 2. The second kappa shape index (κ2) is 4.11. The number of nitrogens with one attached hydrogen (secondary N) is 1. The van der Waals surface area contributed by atoms with Crippen molar-refractivity contribution >= 4 is 5.84 Å². The maximum Gasteiger partial charge on any atom is 0.343 e. The van der Waals surface area contributed by atoms with Crippen molar-refractivity contribution in [2.24, 2.45) is 22.0 Å². The van der Waals surface area contributed by atoms with Gasteiger partial charge in [-0.1, -0.05) is 37.3 Å². The zero-order chi connectivity index (χ0) is 16.3. The minimum atomic E-state index is -1.33. The standard InChI is InChI=1S/C17H16N4O2/c1-14(9-12-5-3-2-4-6-12)15(10-18)13(20)21-17(16(14,15)11-19)22-7-8-23-17/h2-6H,7-9H2,1H3,(H2,20,21)/p+1/t14-,15+,16-/m1/s1. The van der Waals surface area contributed by atoms with E-state index in [-0.39, 0.29) is 5.84 Å². The Labute approximate surface area is 134 Å². The van der Waals surface area contributed by atoms with Crippen molar-refractivity contribution < 1.29 is 14.5 Å². The van der Waals surface area contributed by atoms with Gasteiger partial charge in [-0.2, -0.15) is 10.5 Å². The number of ether oxygens (including phenoxy) is 2. The first-order valence-electron chi connectivity index (χ1n) is 7.59. The van der Waals surface area contributed by atoms with Gasteiger partial charge < -0.3 is 9.47 Å². The van der Waals surface area contributed by atoms with Crippen LogP contribution >= 0.6 is 0 Å². The molecule has 1 spiro atoms. The fraction of sp³-hybridized carbons (Fsp3) is 0.471. The second-order valence-electron chi connectivity index (χ2n) is 6.57. The SMILES string of the molecule is C[C@@]1(Cc2ccccc2)[C@]2(C#N)C(N)=[NH+]C3(OCCO3)[C@]12C#N. The molecule has 116 valence electrons. The summed E-state index contributed by atoms with van der Waals surface area (Å²) >= 11 is 0. The molecule has 0 amide bonds. The van der Waals surface area contributed by atoms with Crippen LogP contribution in [-0.4, -0.2) is 25.0 Å². The van der Waals surface area contributed by atoms with E-state index in [0.717, 1.165) is 5.56 Å². The van der Waals surface area contributed by atoms with Crippen LogP contribution in [0, 0.1) is 38.9 Å². The van der Waals surface area contributed by atoms with Crippen LogP contribution in [0.5, 0.6) is 0 Å². The van der Waals surface area contributed by atoms with Crippen molar-refractivity contribution in [2.75, 3.05) is 13.2 Å². The Hall–Kier alpha value is -2.41. The molecule has 6 heteroatoms. The molecule has 1 saturated carbocycles. The lowest BCUT2D eigenvalue weighted by Gasteiger charge is -2.27. The number of rotatable bonds is 2. The van der Waals surface area contributed by atoms with Crippen LogP contribution in [0.25, 0.3) is 0 Å². The van der Waals surface area contributed by atoms with E-state index >= 15 is 0 Å². The van der Waals surface area contributed by atoms with Gasteiger partial charge in [-0.05, 0) is 12.0 Å². The number of amidine groups is 1. The molecule has 1 saturated heterocycles. The van der Waals surface area contributed by atoms with Gasteiger partial charge in [-0.15, -0.1) is 0 Å². The van der Waals surface area contributed by atoms with Crippen LogP contribution in [0.2, 0.25) is 0 Å². The highest BCUT2D eigenvalue weighted by atomic mass is 16.8. The zero-order valence-electron chi connectivity index (χ0n) is 12.8. The van der Waals surface area contributed by atoms with E-state index in [2.05, 4.69) is 17.1 Å². The number of benzene rings is 1. The molecule has 2 heterocycles. The maximum absolute atomic E-state index is 10.1. The monoisotopic (exact) mass is 309 g/mol. The van der Waals surface area contributed by atoms with Crippen molar-refractivity contribution in [3.8, 4) is 12.1 Å². The van der Waals surface area contributed by atoms with E-state index < -0.39 is 22.2 Å². The average Bonchev–Trinajstić information content (AvgIpc) is 2.86. The molecule has 1 aromatic carbocycles. The molecule has 23 heavy (non-hydrogen) atoms. The van der Waals surface area contributed by atoms with Gasteiger partial charge in [0.25, 0.3) is 5.84 Å². The number of nitriles is 2. The summed E-state index contributed by atoms with van der Waals surface area (Å²) in [6, 6.07) is 14.5. The smallest absolute Gasteiger partial charge is 0.311 e. The fourth-order valence-corrected chi connectivity index (χ4v) is 4.78. The van der Waals surface area contributed by atoms with Gasteiger partial charge in [0, 0.05) is 5.41 Å². The van der Waals surface area contributed by atoms with Crippen LogP contribution in [0.1, 0.15) is 12.5 Å². The summed E-state index contributed by atoms with van der Waals surface area (Å²) in [5.41, 5.74) is 4.24. The van der Waals surface area contributed by atoms with Crippen LogP contribution in [-0.2, 0) is 15.9 Å². The molecule has 0 radical (unpaired) electrons. The van der Waals surface area contributed by atoms with E-state index in [1.165, 1.54) is 0 Å². The van der Waals surface area contributed by atoms with Crippen LogP contribution < -0.4 is 10.7 Å². The summed E-state index contributed by atoms with van der Waals surface area (Å²) in [6.07, 6.45) is 0.547. The Bertz CT molecular complexity index is 787. The van der Waals surface area contributed by atoms with Gasteiger partial charge in [0.2, 0.25) is 0 Å².